The molecule has 0 amide bonds. The van der Waals surface area contributed by atoms with Crippen LogP contribution in [0.25, 0.3) is 0 Å². The summed E-state index contributed by atoms with van der Waals surface area (Å²) in [6.45, 7) is 6.93. The molecule has 0 saturated carbocycles. The van der Waals surface area contributed by atoms with E-state index in [0.717, 1.165) is 0 Å². The Labute approximate surface area is 62.7 Å². The van der Waals surface area contributed by atoms with Crippen LogP contribution >= 0.6 is 12.8 Å². The average Bonchev–Trinajstić information content (AvgIpc) is 1.87. The molecule has 0 aliphatic rings. The van der Waals surface area contributed by atoms with Crippen molar-refractivity contribution in [2.75, 3.05) is 0 Å². The molecule has 0 aromatic carbocycles. The van der Waals surface area contributed by atoms with E-state index in [-0.39, 0.29) is 0 Å². The molecule has 0 rings (SSSR count). The molecule has 0 heterocycles. The fraction of sp³-hybridized carbons (Fsp3) is 1.00. The van der Waals surface area contributed by atoms with E-state index < -0.39 is 16.0 Å². The number of halogens is 1. The van der Waals surface area contributed by atoms with Gasteiger partial charge in [0.25, 0.3) is 0 Å². The van der Waals surface area contributed by atoms with Gasteiger partial charge in [0.15, 0.2) is 0 Å². The molecule has 0 N–H and O–H groups in total. The van der Waals surface area contributed by atoms with Gasteiger partial charge in [-0.1, -0.05) is 0 Å². The van der Waals surface area contributed by atoms with E-state index >= 15 is 0 Å². The van der Waals surface area contributed by atoms with Gasteiger partial charge in [-0.25, -0.2) is 0 Å². The van der Waals surface area contributed by atoms with E-state index in [9.17, 15) is 0 Å². The molecular weight excluding hydrogens is 280 g/mol. The zero-order chi connectivity index (χ0) is 6.62. The van der Waals surface area contributed by atoms with Crippen LogP contribution < -0.4 is 0 Å². The van der Waals surface area contributed by atoms with Crippen LogP contribution in [0.5, 0.6) is 0 Å². The molecule has 0 aromatic heterocycles. The van der Waals surface area contributed by atoms with Gasteiger partial charge in [0.2, 0.25) is 0 Å². The molecule has 0 nitrogen and oxygen atoms in total. The van der Waals surface area contributed by atoms with Crippen LogP contribution in [-0.4, -0.2) is 16.0 Å². The summed E-state index contributed by atoms with van der Waals surface area (Å²) in [5.74, 6) is 0. The number of rotatable bonds is 3. The van der Waals surface area contributed by atoms with E-state index in [1.165, 1.54) is 13.4 Å². The molecule has 0 aliphatic carbocycles. The Kier molecular flexibility index (Phi) is 4.80. The zero-order valence-corrected chi connectivity index (χ0v) is 9.82. The summed E-state index contributed by atoms with van der Waals surface area (Å²) in [5.41, 5.74) is 0. The molecule has 0 unspecified atom stereocenters. The second-order valence-corrected chi connectivity index (χ2v) is 21.3. The summed E-state index contributed by atoms with van der Waals surface area (Å²) < 4.78 is 4.28. The summed E-state index contributed by atoms with van der Waals surface area (Å²) in [4.78, 5) is 0. The van der Waals surface area contributed by atoms with E-state index in [0.29, 0.717) is 0 Å². The Hall–Kier alpha value is 1.27. The van der Waals surface area contributed by atoms with Gasteiger partial charge in [-0.15, -0.1) is 0 Å². The van der Waals surface area contributed by atoms with Gasteiger partial charge in [-0.05, 0) is 0 Å². The van der Waals surface area contributed by atoms with Gasteiger partial charge in [0.05, 0.1) is 0 Å². The molecule has 0 bridgehead atoms. The Bertz CT molecular complexity index is 51.3. The predicted octanol–water partition coefficient (Wildman–Crippen LogP) is 3.39. The van der Waals surface area contributed by atoms with Crippen LogP contribution in [0.3, 0.4) is 0 Å². The summed E-state index contributed by atoms with van der Waals surface area (Å²) in [6, 6.07) is 0. The fourth-order valence-electron chi connectivity index (χ4n) is 0.612. The van der Waals surface area contributed by atoms with E-state index in [1.807, 2.05) is 0 Å². The minimum absolute atomic E-state index is 1.34. The van der Waals surface area contributed by atoms with Gasteiger partial charge in [-0.3, -0.25) is 0 Å². The third-order valence-electron chi connectivity index (χ3n) is 1.55. The Morgan fingerprint density at radius 1 is 1.00 bits per heavy atom. The van der Waals surface area contributed by atoms with Crippen molar-refractivity contribution >= 4 is 28.7 Å². The topological polar surface area (TPSA) is 0 Å². The summed E-state index contributed by atoms with van der Waals surface area (Å²) in [7, 11) is 0. The number of hydrogen-bond acceptors (Lipinski definition) is 0. The van der Waals surface area contributed by atoms with Crippen molar-refractivity contribution < 1.29 is 0 Å². The summed E-state index contributed by atoms with van der Waals surface area (Å²) in [5, 5.41) is 0. The van der Waals surface area contributed by atoms with Crippen molar-refractivity contribution in [2.45, 2.75) is 34.2 Å². The fourth-order valence-corrected chi connectivity index (χ4v) is 4.11. The van der Waals surface area contributed by atoms with Crippen molar-refractivity contribution in [3.63, 3.8) is 0 Å². The van der Waals surface area contributed by atoms with E-state index in [1.54, 1.807) is 0 Å². The molecule has 2 heteroatoms. The van der Waals surface area contributed by atoms with Gasteiger partial charge in [0.1, 0.15) is 0 Å². The first kappa shape index (κ1) is 9.27. The Morgan fingerprint density at radius 3 is 1.25 bits per heavy atom. The van der Waals surface area contributed by atoms with E-state index in [2.05, 4.69) is 33.5 Å². The third-order valence-corrected chi connectivity index (χ3v) is 19.6. The molecule has 0 spiro atoms. The normalized spacial score (nSPS) is 14.0. The molecular formula is C6H15BrTe. The molecule has 0 radical (unpaired) electrons. The zero-order valence-electron chi connectivity index (χ0n) is 5.91. The molecule has 0 saturated heterocycles. The van der Waals surface area contributed by atoms with Crippen molar-refractivity contribution in [1.82, 2.24) is 0 Å². The molecule has 0 aromatic rings. The van der Waals surface area contributed by atoms with E-state index in [4.69, 9.17) is 0 Å². The van der Waals surface area contributed by atoms with Crippen molar-refractivity contribution in [3.8, 4) is 0 Å². The first-order valence-electron chi connectivity index (χ1n) is 3.14. The van der Waals surface area contributed by atoms with Crippen molar-refractivity contribution in [3.05, 3.63) is 0 Å². The van der Waals surface area contributed by atoms with Crippen LogP contribution in [0.1, 0.15) is 20.8 Å². The second kappa shape index (κ2) is 4.14. The van der Waals surface area contributed by atoms with Crippen LogP contribution in [0.2, 0.25) is 13.4 Å². The SMILES string of the molecule is CC[Te](Br)(CC)CC. The Balaban J connectivity index is 3.58. The first-order valence-corrected chi connectivity index (χ1v) is 13.3. The monoisotopic (exact) mass is 296 g/mol. The predicted molar refractivity (Wildman–Crippen MR) is 46.1 cm³/mol. The summed E-state index contributed by atoms with van der Waals surface area (Å²) in [6.07, 6.45) is 0. The summed E-state index contributed by atoms with van der Waals surface area (Å²) >= 11 is 2.54. The van der Waals surface area contributed by atoms with Crippen LogP contribution in [0.15, 0.2) is 0 Å². The minimum atomic E-state index is -1.34. The molecule has 0 fully saturated rings. The van der Waals surface area contributed by atoms with Gasteiger partial charge < -0.3 is 0 Å². The maximum absolute atomic E-state index is 3.87. The average molecular weight is 295 g/mol. The second-order valence-electron chi connectivity index (χ2n) is 1.81. The first-order chi connectivity index (χ1) is 3.68. The van der Waals surface area contributed by atoms with Gasteiger partial charge >= 0.3 is 62.9 Å². The Morgan fingerprint density at radius 2 is 1.25 bits per heavy atom. The standard InChI is InChI=1S/C6H15BrTe/c1-4-8(7,5-2)6-3/h4-6H2,1-3H3. The number of hydrogen-bond donors (Lipinski definition) is 0. The molecule has 0 aliphatic heterocycles. The van der Waals surface area contributed by atoms with Crippen molar-refractivity contribution in [2.24, 2.45) is 0 Å². The molecule has 0 atom stereocenters. The third kappa shape index (κ3) is 2.71. The maximum atomic E-state index is 3.87. The van der Waals surface area contributed by atoms with Crippen LogP contribution in [-0.2, 0) is 0 Å². The molecule has 52 valence electrons. The van der Waals surface area contributed by atoms with Crippen molar-refractivity contribution in [1.29, 1.82) is 0 Å². The quantitative estimate of drug-likeness (QED) is 0.700. The van der Waals surface area contributed by atoms with Gasteiger partial charge in [-0.2, -0.15) is 0 Å². The van der Waals surface area contributed by atoms with Gasteiger partial charge in [0, 0.05) is 0 Å². The van der Waals surface area contributed by atoms with Crippen LogP contribution in [0.4, 0.5) is 0 Å². The van der Waals surface area contributed by atoms with Crippen LogP contribution in [0, 0.1) is 0 Å². The molecule has 8 heavy (non-hydrogen) atoms.